The summed E-state index contributed by atoms with van der Waals surface area (Å²) < 4.78 is 6.03. The molecule has 0 atom stereocenters. The van der Waals surface area contributed by atoms with E-state index in [4.69, 9.17) is 10.5 Å². The average Bonchev–Trinajstić information content (AvgIpc) is 3.36. The van der Waals surface area contributed by atoms with Gasteiger partial charge in [0.15, 0.2) is 0 Å². The Morgan fingerprint density at radius 1 is 1.10 bits per heavy atom. The van der Waals surface area contributed by atoms with Gasteiger partial charge in [-0.3, -0.25) is 4.90 Å². The van der Waals surface area contributed by atoms with E-state index >= 15 is 0 Å². The standard InChI is InChI=1S/C17H27N3O/c18-8-3-9-19-10-12-20(13-11-19)16-4-1-2-5-17(16)21-14-15-6-7-15/h1-2,4-5,15H,3,6-14,18H2. The molecule has 1 aliphatic heterocycles. The molecule has 0 radical (unpaired) electrons. The Labute approximate surface area is 127 Å². The molecule has 1 saturated carbocycles. The highest BCUT2D eigenvalue weighted by Crippen LogP contribution is 2.33. The van der Waals surface area contributed by atoms with Crippen molar-refractivity contribution in [3.8, 4) is 5.75 Å². The molecular formula is C17H27N3O. The predicted octanol–water partition coefficient (Wildman–Crippen LogP) is 1.95. The van der Waals surface area contributed by atoms with Crippen LogP contribution < -0.4 is 15.4 Å². The van der Waals surface area contributed by atoms with Gasteiger partial charge in [0.2, 0.25) is 0 Å². The maximum Gasteiger partial charge on any atom is 0.142 e. The van der Waals surface area contributed by atoms with Crippen LogP contribution in [0.3, 0.4) is 0 Å². The summed E-state index contributed by atoms with van der Waals surface area (Å²) in [5.74, 6) is 1.85. The number of nitrogens with two attached hydrogens (primary N) is 1. The Kier molecular flexibility index (Phi) is 4.99. The summed E-state index contributed by atoms with van der Waals surface area (Å²) in [5, 5.41) is 0. The van der Waals surface area contributed by atoms with E-state index in [0.717, 1.165) is 64.0 Å². The second-order valence-electron chi connectivity index (χ2n) is 6.19. The Bertz CT molecular complexity index is 439. The molecule has 2 N–H and O–H groups in total. The first-order valence-corrected chi connectivity index (χ1v) is 8.26. The van der Waals surface area contributed by atoms with Crippen LogP contribution in [0.25, 0.3) is 0 Å². The molecule has 0 spiro atoms. The van der Waals surface area contributed by atoms with Gasteiger partial charge in [0.1, 0.15) is 5.75 Å². The van der Waals surface area contributed by atoms with Gasteiger partial charge < -0.3 is 15.4 Å². The largest absolute Gasteiger partial charge is 0.491 e. The van der Waals surface area contributed by atoms with Gasteiger partial charge in [-0.05, 0) is 50.4 Å². The van der Waals surface area contributed by atoms with Gasteiger partial charge >= 0.3 is 0 Å². The number of benzene rings is 1. The molecule has 4 nitrogen and oxygen atoms in total. The molecule has 1 saturated heterocycles. The van der Waals surface area contributed by atoms with Gasteiger partial charge in [-0.25, -0.2) is 0 Å². The monoisotopic (exact) mass is 289 g/mol. The maximum absolute atomic E-state index is 6.03. The maximum atomic E-state index is 6.03. The lowest BCUT2D eigenvalue weighted by Gasteiger charge is -2.36. The Balaban J connectivity index is 1.56. The van der Waals surface area contributed by atoms with Crippen molar-refractivity contribution in [2.24, 2.45) is 11.7 Å². The zero-order chi connectivity index (χ0) is 14.5. The number of hydrogen-bond donors (Lipinski definition) is 1. The van der Waals surface area contributed by atoms with Gasteiger partial charge in [-0.15, -0.1) is 0 Å². The van der Waals surface area contributed by atoms with Crippen LogP contribution in [0.4, 0.5) is 5.69 Å². The summed E-state index contributed by atoms with van der Waals surface area (Å²) in [7, 11) is 0. The molecule has 1 aromatic rings. The van der Waals surface area contributed by atoms with Crippen molar-refractivity contribution in [3.63, 3.8) is 0 Å². The van der Waals surface area contributed by atoms with Gasteiger partial charge in [-0.1, -0.05) is 12.1 Å². The average molecular weight is 289 g/mol. The van der Waals surface area contributed by atoms with Crippen LogP contribution in [0.1, 0.15) is 19.3 Å². The predicted molar refractivity (Wildman–Crippen MR) is 87.0 cm³/mol. The van der Waals surface area contributed by atoms with E-state index in [1.807, 2.05) is 0 Å². The molecule has 1 heterocycles. The molecule has 2 aliphatic rings. The molecule has 1 aliphatic carbocycles. The first-order chi connectivity index (χ1) is 10.4. The van der Waals surface area contributed by atoms with E-state index in [1.165, 1.54) is 18.5 Å². The fourth-order valence-electron chi connectivity index (χ4n) is 2.86. The van der Waals surface area contributed by atoms with Gasteiger partial charge in [-0.2, -0.15) is 0 Å². The van der Waals surface area contributed by atoms with Crippen LogP contribution in [0.15, 0.2) is 24.3 Å². The molecular weight excluding hydrogens is 262 g/mol. The van der Waals surface area contributed by atoms with Gasteiger partial charge in [0.05, 0.1) is 12.3 Å². The van der Waals surface area contributed by atoms with Crippen LogP contribution in [-0.2, 0) is 0 Å². The van der Waals surface area contributed by atoms with E-state index in [1.54, 1.807) is 0 Å². The summed E-state index contributed by atoms with van der Waals surface area (Å²) in [6.07, 6.45) is 3.77. The van der Waals surface area contributed by atoms with Crippen LogP contribution in [0, 0.1) is 5.92 Å². The molecule has 0 amide bonds. The number of para-hydroxylation sites is 2. The summed E-state index contributed by atoms with van der Waals surface area (Å²) in [5.41, 5.74) is 6.85. The first-order valence-electron chi connectivity index (χ1n) is 8.26. The van der Waals surface area contributed by atoms with Crippen molar-refractivity contribution < 1.29 is 4.74 Å². The van der Waals surface area contributed by atoms with Crippen LogP contribution in [0.5, 0.6) is 5.75 Å². The number of anilines is 1. The Morgan fingerprint density at radius 3 is 2.57 bits per heavy atom. The number of rotatable bonds is 7. The van der Waals surface area contributed by atoms with Crippen molar-refractivity contribution in [1.29, 1.82) is 0 Å². The van der Waals surface area contributed by atoms with Crippen LogP contribution >= 0.6 is 0 Å². The quantitative estimate of drug-likeness (QED) is 0.833. The second kappa shape index (κ2) is 7.14. The minimum atomic E-state index is 0.790. The van der Waals surface area contributed by atoms with E-state index in [-0.39, 0.29) is 0 Å². The summed E-state index contributed by atoms with van der Waals surface area (Å²) in [4.78, 5) is 4.97. The topological polar surface area (TPSA) is 41.7 Å². The summed E-state index contributed by atoms with van der Waals surface area (Å²) >= 11 is 0. The third-order valence-corrected chi connectivity index (χ3v) is 4.43. The lowest BCUT2D eigenvalue weighted by atomic mass is 10.2. The lowest BCUT2D eigenvalue weighted by Crippen LogP contribution is -2.47. The molecule has 116 valence electrons. The normalized spacial score (nSPS) is 19.8. The van der Waals surface area contributed by atoms with Gasteiger partial charge in [0, 0.05) is 26.2 Å². The number of ether oxygens (including phenoxy) is 1. The van der Waals surface area contributed by atoms with E-state index in [0.29, 0.717) is 0 Å². The SMILES string of the molecule is NCCCN1CCN(c2ccccc2OCC2CC2)CC1. The molecule has 1 aromatic carbocycles. The molecule has 0 unspecified atom stereocenters. The first kappa shape index (κ1) is 14.7. The van der Waals surface area contributed by atoms with Crippen molar-refractivity contribution in [2.45, 2.75) is 19.3 Å². The zero-order valence-electron chi connectivity index (χ0n) is 12.8. The summed E-state index contributed by atoms with van der Waals surface area (Å²) in [6.45, 7) is 7.20. The highest BCUT2D eigenvalue weighted by Gasteiger charge is 2.23. The fraction of sp³-hybridized carbons (Fsp3) is 0.647. The Morgan fingerprint density at radius 2 is 1.86 bits per heavy atom. The molecule has 2 fully saturated rings. The molecule has 0 bridgehead atoms. The lowest BCUT2D eigenvalue weighted by molar-refractivity contribution is 0.254. The van der Waals surface area contributed by atoms with E-state index in [2.05, 4.69) is 34.1 Å². The van der Waals surface area contributed by atoms with Crippen LogP contribution in [-0.4, -0.2) is 50.8 Å². The third kappa shape index (κ3) is 4.11. The fourth-order valence-corrected chi connectivity index (χ4v) is 2.86. The van der Waals surface area contributed by atoms with E-state index < -0.39 is 0 Å². The number of nitrogens with zero attached hydrogens (tertiary/aromatic N) is 2. The molecule has 0 aromatic heterocycles. The highest BCUT2D eigenvalue weighted by atomic mass is 16.5. The molecule has 3 rings (SSSR count). The van der Waals surface area contributed by atoms with Gasteiger partial charge in [0.25, 0.3) is 0 Å². The highest BCUT2D eigenvalue weighted by molar-refractivity contribution is 5.58. The number of piperazine rings is 1. The second-order valence-corrected chi connectivity index (χ2v) is 6.19. The van der Waals surface area contributed by atoms with E-state index in [9.17, 15) is 0 Å². The number of hydrogen-bond acceptors (Lipinski definition) is 4. The Hall–Kier alpha value is -1.26. The van der Waals surface area contributed by atoms with Crippen molar-refractivity contribution in [3.05, 3.63) is 24.3 Å². The minimum Gasteiger partial charge on any atom is -0.491 e. The zero-order valence-corrected chi connectivity index (χ0v) is 12.8. The molecule has 21 heavy (non-hydrogen) atoms. The van der Waals surface area contributed by atoms with Crippen LogP contribution in [0.2, 0.25) is 0 Å². The van der Waals surface area contributed by atoms with Crippen molar-refractivity contribution >= 4 is 5.69 Å². The molecule has 4 heteroatoms. The smallest absolute Gasteiger partial charge is 0.142 e. The van der Waals surface area contributed by atoms with Crippen molar-refractivity contribution in [2.75, 3.05) is 50.8 Å². The third-order valence-electron chi connectivity index (χ3n) is 4.43. The summed E-state index contributed by atoms with van der Waals surface area (Å²) in [6, 6.07) is 8.49. The van der Waals surface area contributed by atoms with Crippen molar-refractivity contribution in [1.82, 2.24) is 4.90 Å². The minimum absolute atomic E-state index is 0.790.